The van der Waals surface area contributed by atoms with E-state index in [1.807, 2.05) is 30.3 Å². The van der Waals surface area contributed by atoms with E-state index in [9.17, 15) is 4.39 Å². The summed E-state index contributed by atoms with van der Waals surface area (Å²) in [7, 11) is 0. The SMILES string of the molecule is FC(Br)=CCCc1ccccc1. The third-order valence-electron chi connectivity index (χ3n) is 1.57. The Hall–Kier alpha value is -0.630. The molecular weight excluding hydrogens is 219 g/mol. The van der Waals surface area contributed by atoms with E-state index < -0.39 is 0 Å². The van der Waals surface area contributed by atoms with Crippen LogP contribution in [-0.2, 0) is 6.42 Å². The molecule has 0 nitrogen and oxygen atoms in total. The molecule has 2 heteroatoms. The van der Waals surface area contributed by atoms with E-state index in [4.69, 9.17) is 0 Å². The quantitative estimate of drug-likeness (QED) is 0.738. The second kappa shape index (κ2) is 5.09. The topological polar surface area (TPSA) is 0 Å². The first-order valence-electron chi connectivity index (χ1n) is 3.84. The van der Waals surface area contributed by atoms with Crippen LogP contribution < -0.4 is 0 Å². The maximum Gasteiger partial charge on any atom is 0.161 e. The van der Waals surface area contributed by atoms with Gasteiger partial charge in [0.15, 0.2) is 4.74 Å². The zero-order valence-electron chi connectivity index (χ0n) is 6.63. The molecule has 0 saturated heterocycles. The Labute approximate surface area is 80.2 Å². The average Bonchev–Trinajstić information content (AvgIpc) is 2.05. The summed E-state index contributed by atoms with van der Waals surface area (Å²) < 4.78 is 11.9. The lowest BCUT2D eigenvalue weighted by molar-refractivity contribution is 0.697. The average molecular weight is 229 g/mol. The molecule has 0 aliphatic heterocycles. The Morgan fingerprint density at radius 1 is 1.33 bits per heavy atom. The van der Waals surface area contributed by atoms with Crippen molar-refractivity contribution in [3.05, 3.63) is 46.7 Å². The van der Waals surface area contributed by atoms with Crippen LogP contribution >= 0.6 is 15.9 Å². The number of rotatable bonds is 3. The van der Waals surface area contributed by atoms with Gasteiger partial charge in [-0.15, -0.1) is 0 Å². The second-order valence-electron chi connectivity index (χ2n) is 2.52. The molecule has 64 valence electrons. The standard InChI is InChI=1S/C10H10BrF/c11-10(12)8-4-7-9-5-2-1-3-6-9/h1-3,5-6,8H,4,7H2. The minimum absolute atomic E-state index is 0.279. The molecule has 1 aromatic rings. The van der Waals surface area contributed by atoms with Gasteiger partial charge in [0.1, 0.15) is 0 Å². The monoisotopic (exact) mass is 228 g/mol. The van der Waals surface area contributed by atoms with Gasteiger partial charge < -0.3 is 0 Å². The molecule has 0 amide bonds. The van der Waals surface area contributed by atoms with Crippen LogP contribution in [0.4, 0.5) is 4.39 Å². The molecule has 0 radical (unpaired) electrons. The number of allylic oxidation sites excluding steroid dienone is 1. The van der Waals surface area contributed by atoms with E-state index in [1.165, 1.54) is 11.6 Å². The summed E-state index contributed by atoms with van der Waals surface area (Å²) in [4.78, 5) is 0. The molecule has 1 rings (SSSR count). The molecule has 12 heavy (non-hydrogen) atoms. The number of halogens is 2. The van der Waals surface area contributed by atoms with Crippen LogP contribution in [0, 0.1) is 0 Å². The molecule has 0 heterocycles. The summed E-state index contributed by atoms with van der Waals surface area (Å²) in [5.41, 5.74) is 1.24. The fraction of sp³-hybridized carbons (Fsp3) is 0.200. The van der Waals surface area contributed by atoms with Gasteiger partial charge in [-0.3, -0.25) is 0 Å². The van der Waals surface area contributed by atoms with Crippen LogP contribution in [0.5, 0.6) is 0 Å². The molecule has 0 aliphatic rings. The second-order valence-corrected chi connectivity index (χ2v) is 3.28. The fourth-order valence-corrected chi connectivity index (χ4v) is 1.22. The highest BCUT2D eigenvalue weighted by Gasteiger charge is 1.89. The van der Waals surface area contributed by atoms with Crippen LogP contribution in [0.2, 0.25) is 0 Å². The maximum absolute atomic E-state index is 12.2. The Bertz CT molecular complexity index is 250. The predicted molar refractivity (Wildman–Crippen MR) is 52.9 cm³/mol. The Kier molecular flexibility index (Phi) is 4.01. The summed E-state index contributed by atoms with van der Waals surface area (Å²) in [5.74, 6) is 0. The van der Waals surface area contributed by atoms with Crippen molar-refractivity contribution in [3.63, 3.8) is 0 Å². The molecule has 0 fully saturated rings. The van der Waals surface area contributed by atoms with Gasteiger partial charge in [-0.25, -0.2) is 0 Å². The summed E-state index contributed by atoms with van der Waals surface area (Å²) in [6, 6.07) is 10.0. The predicted octanol–water partition coefficient (Wildman–Crippen LogP) is 3.83. The zero-order valence-corrected chi connectivity index (χ0v) is 8.22. The van der Waals surface area contributed by atoms with Crippen molar-refractivity contribution >= 4 is 15.9 Å². The number of aryl methyl sites for hydroxylation is 1. The smallest absolute Gasteiger partial charge is 0.161 e. The van der Waals surface area contributed by atoms with E-state index in [0.717, 1.165) is 12.8 Å². The Morgan fingerprint density at radius 3 is 2.58 bits per heavy atom. The van der Waals surface area contributed by atoms with Crippen molar-refractivity contribution in [1.29, 1.82) is 0 Å². The van der Waals surface area contributed by atoms with Gasteiger partial charge in [0.25, 0.3) is 0 Å². The highest BCUT2D eigenvalue weighted by Crippen LogP contribution is 2.09. The largest absolute Gasteiger partial charge is 0.199 e. The molecule has 0 aliphatic carbocycles. The first kappa shape index (κ1) is 9.46. The molecule has 0 atom stereocenters. The number of hydrogen-bond acceptors (Lipinski definition) is 0. The molecule has 0 spiro atoms. The third kappa shape index (κ3) is 3.67. The van der Waals surface area contributed by atoms with E-state index >= 15 is 0 Å². The van der Waals surface area contributed by atoms with E-state index in [1.54, 1.807) is 0 Å². The Balaban J connectivity index is 2.39. The van der Waals surface area contributed by atoms with Crippen molar-refractivity contribution in [2.75, 3.05) is 0 Å². The van der Waals surface area contributed by atoms with Crippen molar-refractivity contribution in [2.24, 2.45) is 0 Å². The first-order valence-corrected chi connectivity index (χ1v) is 4.63. The molecule has 0 bridgehead atoms. The van der Waals surface area contributed by atoms with Gasteiger partial charge in [-0.1, -0.05) is 30.3 Å². The lowest BCUT2D eigenvalue weighted by Crippen LogP contribution is -1.80. The molecule has 0 N–H and O–H groups in total. The minimum atomic E-state index is -0.279. The van der Waals surface area contributed by atoms with E-state index in [0.29, 0.717) is 0 Å². The highest BCUT2D eigenvalue weighted by atomic mass is 79.9. The van der Waals surface area contributed by atoms with E-state index in [2.05, 4.69) is 15.9 Å². The molecule has 0 saturated carbocycles. The van der Waals surface area contributed by atoms with Crippen LogP contribution in [0.25, 0.3) is 0 Å². The summed E-state index contributed by atoms with van der Waals surface area (Å²) >= 11 is 2.74. The van der Waals surface area contributed by atoms with Gasteiger partial charge in [0.2, 0.25) is 0 Å². The van der Waals surface area contributed by atoms with Gasteiger partial charge in [-0.05, 0) is 40.4 Å². The summed E-state index contributed by atoms with van der Waals surface area (Å²) in [6.07, 6.45) is 3.16. The van der Waals surface area contributed by atoms with Gasteiger partial charge in [0.05, 0.1) is 0 Å². The maximum atomic E-state index is 12.2. The summed E-state index contributed by atoms with van der Waals surface area (Å²) in [6.45, 7) is 0. The lowest BCUT2D eigenvalue weighted by Gasteiger charge is -1.95. The van der Waals surface area contributed by atoms with Crippen LogP contribution in [0.3, 0.4) is 0 Å². The minimum Gasteiger partial charge on any atom is -0.199 e. The molecule has 0 unspecified atom stereocenters. The highest BCUT2D eigenvalue weighted by molar-refractivity contribution is 9.11. The van der Waals surface area contributed by atoms with Gasteiger partial charge >= 0.3 is 0 Å². The van der Waals surface area contributed by atoms with Crippen LogP contribution in [0.15, 0.2) is 41.1 Å². The zero-order chi connectivity index (χ0) is 8.81. The third-order valence-corrected chi connectivity index (χ3v) is 1.90. The van der Waals surface area contributed by atoms with Crippen LogP contribution in [-0.4, -0.2) is 0 Å². The molecular formula is C10H10BrF. The van der Waals surface area contributed by atoms with Crippen molar-refractivity contribution < 1.29 is 4.39 Å². The van der Waals surface area contributed by atoms with Crippen molar-refractivity contribution in [2.45, 2.75) is 12.8 Å². The lowest BCUT2D eigenvalue weighted by atomic mass is 10.1. The van der Waals surface area contributed by atoms with Gasteiger partial charge in [0, 0.05) is 0 Å². The summed E-state index contributed by atoms with van der Waals surface area (Å²) in [5, 5.41) is 0. The fourth-order valence-electron chi connectivity index (χ4n) is 0.993. The van der Waals surface area contributed by atoms with Crippen molar-refractivity contribution in [3.8, 4) is 0 Å². The number of benzene rings is 1. The normalized spacial score (nSPS) is 11.7. The molecule has 1 aromatic carbocycles. The first-order chi connectivity index (χ1) is 5.79. The van der Waals surface area contributed by atoms with Gasteiger partial charge in [-0.2, -0.15) is 4.39 Å². The number of hydrogen-bond donors (Lipinski definition) is 0. The van der Waals surface area contributed by atoms with E-state index in [-0.39, 0.29) is 4.74 Å². The van der Waals surface area contributed by atoms with Crippen LogP contribution in [0.1, 0.15) is 12.0 Å². The Morgan fingerprint density at radius 2 is 2.00 bits per heavy atom. The molecule has 0 aromatic heterocycles. The van der Waals surface area contributed by atoms with Crippen molar-refractivity contribution in [1.82, 2.24) is 0 Å².